The normalized spacial score (nSPS) is 28.0. The van der Waals surface area contributed by atoms with Gasteiger partial charge in [0, 0.05) is 19.6 Å². The van der Waals surface area contributed by atoms with Gasteiger partial charge < -0.3 is 10.6 Å². The molecule has 0 aromatic rings. The van der Waals surface area contributed by atoms with Gasteiger partial charge in [0.25, 0.3) is 0 Å². The van der Waals surface area contributed by atoms with Gasteiger partial charge in [-0.25, -0.2) is 0 Å². The third-order valence-electron chi connectivity index (χ3n) is 2.82. The van der Waals surface area contributed by atoms with Crippen molar-refractivity contribution in [1.29, 1.82) is 0 Å². The van der Waals surface area contributed by atoms with Crippen molar-refractivity contribution in [3.05, 3.63) is 0 Å². The van der Waals surface area contributed by atoms with Crippen LogP contribution in [-0.4, -0.2) is 32.4 Å². The molecule has 0 bridgehead atoms. The van der Waals surface area contributed by atoms with Crippen molar-refractivity contribution < 1.29 is 13.2 Å². The van der Waals surface area contributed by atoms with Crippen molar-refractivity contribution in [1.82, 2.24) is 10.6 Å². The molecule has 1 heterocycles. The number of nitrogens with one attached hydrogen (secondary N) is 2. The molecule has 5 heteroatoms. The van der Waals surface area contributed by atoms with Crippen molar-refractivity contribution >= 4 is 0 Å². The van der Waals surface area contributed by atoms with E-state index in [1.54, 1.807) is 0 Å². The van der Waals surface area contributed by atoms with Gasteiger partial charge in [0.15, 0.2) is 0 Å². The molecule has 0 aromatic carbocycles. The van der Waals surface area contributed by atoms with Crippen LogP contribution in [0.15, 0.2) is 0 Å². The van der Waals surface area contributed by atoms with Gasteiger partial charge in [0.1, 0.15) is 0 Å². The minimum atomic E-state index is -4.04. The van der Waals surface area contributed by atoms with E-state index in [-0.39, 0.29) is 12.0 Å². The topological polar surface area (TPSA) is 24.1 Å². The molecule has 0 spiro atoms. The molecule has 0 amide bonds. The van der Waals surface area contributed by atoms with Crippen LogP contribution in [0.3, 0.4) is 0 Å². The lowest BCUT2D eigenvalue weighted by Crippen LogP contribution is -2.44. The van der Waals surface area contributed by atoms with Crippen LogP contribution in [0.2, 0.25) is 0 Å². The third-order valence-corrected chi connectivity index (χ3v) is 2.82. The molecule has 0 saturated carbocycles. The molecule has 0 aromatic heterocycles. The molecule has 90 valence electrons. The SMILES string of the molecule is CC1(CNCCC(F)(F)F)CCCNC1. The summed E-state index contributed by atoms with van der Waals surface area (Å²) in [6.45, 7) is 4.72. The second kappa shape index (κ2) is 5.16. The van der Waals surface area contributed by atoms with E-state index in [1.807, 2.05) is 0 Å². The van der Waals surface area contributed by atoms with Crippen LogP contribution in [0.4, 0.5) is 13.2 Å². The zero-order chi connectivity index (χ0) is 11.4. The predicted molar refractivity (Wildman–Crippen MR) is 53.8 cm³/mol. The zero-order valence-corrected chi connectivity index (χ0v) is 9.08. The molecule has 0 radical (unpaired) electrons. The maximum atomic E-state index is 11.9. The van der Waals surface area contributed by atoms with Gasteiger partial charge in [-0.15, -0.1) is 0 Å². The van der Waals surface area contributed by atoms with E-state index in [1.165, 1.54) is 0 Å². The lowest BCUT2D eigenvalue weighted by atomic mass is 9.83. The standard InChI is InChI=1S/C10H19F3N2/c1-9(3-2-5-14-7-9)8-15-6-4-10(11,12)13/h14-15H,2-8H2,1H3. The molecule has 2 nitrogen and oxygen atoms in total. The number of hydrogen-bond donors (Lipinski definition) is 2. The second-order valence-electron chi connectivity index (χ2n) is 4.63. The number of halogens is 3. The molecular formula is C10H19F3N2. The van der Waals surface area contributed by atoms with Gasteiger partial charge in [-0.3, -0.25) is 0 Å². The first-order valence-corrected chi connectivity index (χ1v) is 5.40. The third kappa shape index (κ3) is 5.37. The number of alkyl halides is 3. The zero-order valence-electron chi connectivity index (χ0n) is 9.08. The van der Waals surface area contributed by atoms with Crippen LogP contribution in [-0.2, 0) is 0 Å². The van der Waals surface area contributed by atoms with Gasteiger partial charge in [-0.2, -0.15) is 13.2 Å². The van der Waals surface area contributed by atoms with Gasteiger partial charge in [0.2, 0.25) is 0 Å². The summed E-state index contributed by atoms with van der Waals surface area (Å²) in [5.41, 5.74) is 0.115. The predicted octanol–water partition coefficient (Wildman–Crippen LogP) is 1.92. The van der Waals surface area contributed by atoms with Crippen molar-refractivity contribution in [2.24, 2.45) is 5.41 Å². The molecule has 1 aliphatic heterocycles. The number of rotatable bonds is 4. The van der Waals surface area contributed by atoms with Crippen LogP contribution >= 0.6 is 0 Å². The molecule has 1 atom stereocenters. The van der Waals surface area contributed by atoms with Gasteiger partial charge in [-0.05, 0) is 24.8 Å². The first kappa shape index (κ1) is 12.8. The number of hydrogen-bond acceptors (Lipinski definition) is 2. The lowest BCUT2D eigenvalue weighted by molar-refractivity contribution is -0.133. The highest BCUT2D eigenvalue weighted by atomic mass is 19.4. The fourth-order valence-corrected chi connectivity index (χ4v) is 1.89. The van der Waals surface area contributed by atoms with E-state index < -0.39 is 12.6 Å². The van der Waals surface area contributed by atoms with E-state index in [4.69, 9.17) is 0 Å². The molecular weight excluding hydrogens is 205 g/mol. The molecule has 1 unspecified atom stereocenters. The summed E-state index contributed by atoms with van der Waals surface area (Å²) in [7, 11) is 0. The molecule has 1 saturated heterocycles. The Labute approximate surface area is 88.6 Å². The van der Waals surface area contributed by atoms with Gasteiger partial charge in [0.05, 0.1) is 6.42 Å². The van der Waals surface area contributed by atoms with Gasteiger partial charge in [-0.1, -0.05) is 6.92 Å². The Hall–Kier alpha value is -0.290. The molecule has 2 N–H and O–H groups in total. The highest BCUT2D eigenvalue weighted by Gasteiger charge is 2.28. The first-order chi connectivity index (χ1) is 6.91. The van der Waals surface area contributed by atoms with E-state index in [9.17, 15) is 13.2 Å². The van der Waals surface area contributed by atoms with Crippen LogP contribution in [0.1, 0.15) is 26.2 Å². The summed E-state index contributed by atoms with van der Waals surface area (Å²) in [4.78, 5) is 0. The summed E-state index contributed by atoms with van der Waals surface area (Å²) in [6.07, 6.45) is -2.59. The lowest BCUT2D eigenvalue weighted by Gasteiger charge is -2.34. The Morgan fingerprint density at radius 1 is 1.40 bits per heavy atom. The Bertz CT molecular complexity index is 186. The van der Waals surface area contributed by atoms with E-state index in [0.717, 1.165) is 25.9 Å². The molecule has 1 aliphatic rings. The Morgan fingerprint density at radius 2 is 2.13 bits per heavy atom. The highest BCUT2D eigenvalue weighted by Crippen LogP contribution is 2.24. The summed E-state index contributed by atoms with van der Waals surface area (Å²) in [5.74, 6) is 0. The molecule has 15 heavy (non-hydrogen) atoms. The molecule has 0 aliphatic carbocycles. The average Bonchev–Trinajstić information content (AvgIpc) is 2.12. The van der Waals surface area contributed by atoms with Crippen LogP contribution in [0.25, 0.3) is 0 Å². The minimum Gasteiger partial charge on any atom is -0.316 e. The highest BCUT2D eigenvalue weighted by molar-refractivity contribution is 4.83. The Kier molecular flexibility index (Phi) is 4.40. The largest absolute Gasteiger partial charge is 0.390 e. The monoisotopic (exact) mass is 224 g/mol. The van der Waals surface area contributed by atoms with Crippen LogP contribution < -0.4 is 10.6 Å². The summed E-state index contributed by atoms with van der Waals surface area (Å²) >= 11 is 0. The van der Waals surface area contributed by atoms with Gasteiger partial charge >= 0.3 is 6.18 Å². The van der Waals surface area contributed by atoms with Crippen molar-refractivity contribution in [3.63, 3.8) is 0 Å². The van der Waals surface area contributed by atoms with Crippen LogP contribution in [0.5, 0.6) is 0 Å². The van der Waals surface area contributed by atoms with Crippen molar-refractivity contribution in [3.8, 4) is 0 Å². The quantitative estimate of drug-likeness (QED) is 0.713. The van der Waals surface area contributed by atoms with E-state index in [2.05, 4.69) is 17.6 Å². The average molecular weight is 224 g/mol. The minimum absolute atomic E-state index is 0.0269. The maximum Gasteiger partial charge on any atom is 0.390 e. The second-order valence-corrected chi connectivity index (χ2v) is 4.63. The first-order valence-electron chi connectivity index (χ1n) is 5.40. The Balaban J connectivity index is 2.13. The summed E-state index contributed by atoms with van der Waals surface area (Å²) in [6, 6.07) is 0. The Morgan fingerprint density at radius 3 is 2.67 bits per heavy atom. The van der Waals surface area contributed by atoms with Crippen molar-refractivity contribution in [2.45, 2.75) is 32.4 Å². The van der Waals surface area contributed by atoms with Crippen molar-refractivity contribution in [2.75, 3.05) is 26.2 Å². The van der Waals surface area contributed by atoms with Crippen LogP contribution in [0, 0.1) is 5.41 Å². The van der Waals surface area contributed by atoms with E-state index in [0.29, 0.717) is 6.54 Å². The fraction of sp³-hybridized carbons (Fsp3) is 1.00. The molecule has 1 fully saturated rings. The summed E-state index contributed by atoms with van der Waals surface area (Å²) in [5, 5.41) is 6.16. The summed E-state index contributed by atoms with van der Waals surface area (Å²) < 4.78 is 35.6. The number of piperidine rings is 1. The molecule has 1 rings (SSSR count). The smallest absolute Gasteiger partial charge is 0.316 e. The fourth-order valence-electron chi connectivity index (χ4n) is 1.89. The maximum absolute atomic E-state index is 11.9. The van der Waals surface area contributed by atoms with E-state index >= 15 is 0 Å².